The van der Waals surface area contributed by atoms with Crippen LogP contribution < -0.4 is 59.7 Å². The Morgan fingerprint density at radius 3 is 1.92 bits per heavy atom. The summed E-state index contributed by atoms with van der Waals surface area (Å²) in [6.45, 7) is 5.81. The molecule has 1 aliphatic rings. The third-order valence-electron chi connectivity index (χ3n) is 13.9. The molecule has 3 aromatic rings. The molecule has 29 heteroatoms. The smallest absolute Gasteiger partial charge is 0.326 e. The van der Waals surface area contributed by atoms with Crippen molar-refractivity contribution in [3.8, 4) is 5.75 Å². The second-order valence-corrected chi connectivity index (χ2v) is 20.7. The molecule has 0 saturated carbocycles. The number of benzene rings is 2. The maximum Gasteiger partial charge on any atom is 0.326 e. The Bertz CT molecular complexity index is 2760. The number of amides is 9. The summed E-state index contributed by atoms with van der Waals surface area (Å²) >= 11 is 0. The molecule has 18 N–H and O–H groups in total. The highest BCUT2D eigenvalue weighted by Crippen LogP contribution is 2.22. The molecule has 0 spiro atoms. The van der Waals surface area contributed by atoms with Crippen LogP contribution in [0.2, 0.25) is 0 Å². The van der Waals surface area contributed by atoms with E-state index in [9.17, 15) is 68.1 Å². The number of nitrogens with zero attached hydrogens (tertiary/aromatic N) is 3. The first-order chi connectivity index (χ1) is 39.9. The topological polar surface area (TPSA) is 467 Å². The number of rotatable bonds is 34. The van der Waals surface area contributed by atoms with Crippen molar-refractivity contribution < 1.29 is 68.1 Å². The highest BCUT2D eigenvalue weighted by Gasteiger charge is 2.41. The first kappa shape index (κ1) is 67.4. The van der Waals surface area contributed by atoms with E-state index in [1.807, 2.05) is 0 Å². The van der Waals surface area contributed by atoms with Gasteiger partial charge in [-0.3, -0.25) is 52.9 Å². The van der Waals surface area contributed by atoms with Gasteiger partial charge in [-0.05, 0) is 67.2 Å². The molecular formula is C55H79N15O14. The van der Waals surface area contributed by atoms with Crippen LogP contribution in [-0.2, 0) is 72.0 Å². The highest BCUT2D eigenvalue weighted by atomic mass is 16.4. The summed E-state index contributed by atoms with van der Waals surface area (Å²) in [6, 6.07) is 3.60. The Labute approximate surface area is 485 Å². The van der Waals surface area contributed by atoms with Gasteiger partial charge >= 0.3 is 11.9 Å². The number of phenols is 1. The predicted molar refractivity (Wildman–Crippen MR) is 303 cm³/mol. The molecule has 1 aromatic heterocycles. The van der Waals surface area contributed by atoms with Crippen LogP contribution in [0.15, 0.2) is 72.1 Å². The first-order valence-electron chi connectivity index (χ1n) is 27.6. The van der Waals surface area contributed by atoms with E-state index in [1.54, 1.807) is 70.2 Å². The average Bonchev–Trinajstić information content (AvgIpc) is 4.34. The van der Waals surface area contributed by atoms with E-state index in [4.69, 9.17) is 17.2 Å². The van der Waals surface area contributed by atoms with Crippen LogP contribution in [0.25, 0.3) is 0 Å². The number of carbonyl (C=O) groups excluding carboxylic acids is 9. The number of aliphatic carboxylic acids is 2. The van der Waals surface area contributed by atoms with Gasteiger partial charge in [0.25, 0.3) is 0 Å². The fourth-order valence-electron chi connectivity index (χ4n) is 9.08. The van der Waals surface area contributed by atoms with E-state index in [-0.39, 0.29) is 63.3 Å². The third kappa shape index (κ3) is 22.0. The van der Waals surface area contributed by atoms with Crippen molar-refractivity contribution in [1.82, 2.24) is 57.4 Å². The average molecular weight is 1170 g/mol. The second-order valence-electron chi connectivity index (χ2n) is 20.7. The Balaban J connectivity index is 1.58. The minimum Gasteiger partial charge on any atom is -0.508 e. The molecule has 0 unspecified atom stereocenters. The number of hydrogen-bond acceptors (Lipinski definition) is 15. The molecule has 9 amide bonds. The van der Waals surface area contributed by atoms with Crippen molar-refractivity contribution in [1.29, 1.82) is 0 Å². The first-order valence-corrected chi connectivity index (χ1v) is 27.6. The Morgan fingerprint density at radius 1 is 0.702 bits per heavy atom. The number of aromatic nitrogens is 2. The fraction of sp³-hybridized carbons (Fsp3) is 0.509. The fourth-order valence-corrected chi connectivity index (χ4v) is 9.08. The molecule has 2 aromatic carbocycles. The minimum absolute atomic E-state index is 0.0330. The summed E-state index contributed by atoms with van der Waals surface area (Å²) in [5.41, 5.74) is 17.6. The summed E-state index contributed by atoms with van der Waals surface area (Å²) in [5.74, 6) is -11.2. The van der Waals surface area contributed by atoms with Gasteiger partial charge in [-0.25, -0.2) is 9.78 Å². The SMILES string of the molecule is CC[C@H](C)[C@H](NC(=O)[C@H](Cc1ccc(O)cc1)NC(=O)[C@@H](NC(=O)CN)C(C)C)C(=O)N[C@@H](Cc1cnc[nH]1)C(=O)N1CCC[C@H]1C(=O)N[C@@H](Cc1ccccc1)C(=O)N[C@@H](CCC(=O)O)C(=O)NCC(=O)N[C@@H](CCCN=C(N)N)C(=O)O. The maximum absolute atomic E-state index is 14.9. The van der Waals surface area contributed by atoms with Gasteiger partial charge in [0.1, 0.15) is 54.1 Å². The third-order valence-corrected chi connectivity index (χ3v) is 13.9. The molecular weight excluding hydrogens is 1090 g/mol. The number of carboxylic acid groups (broad SMARTS) is 2. The number of nitrogens with one attached hydrogen (secondary N) is 9. The van der Waals surface area contributed by atoms with Gasteiger partial charge in [0.2, 0.25) is 53.2 Å². The number of guanidine groups is 1. The van der Waals surface area contributed by atoms with Crippen LogP contribution in [0.4, 0.5) is 0 Å². The lowest BCUT2D eigenvalue weighted by Crippen LogP contribution is -2.61. The van der Waals surface area contributed by atoms with Crippen LogP contribution in [0.5, 0.6) is 5.75 Å². The van der Waals surface area contributed by atoms with E-state index < -0.39 is 151 Å². The summed E-state index contributed by atoms with van der Waals surface area (Å²) in [5, 5.41) is 49.7. The van der Waals surface area contributed by atoms with E-state index in [1.165, 1.54) is 29.6 Å². The number of carboxylic acids is 2. The Hall–Kier alpha value is -9.15. The number of H-pyrrole nitrogens is 1. The number of aromatic hydroxyl groups is 1. The largest absolute Gasteiger partial charge is 0.508 e. The molecule has 1 saturated heterocycles. The molecule has 1 aliphatic heterocycles. The number of phenolic OH excluding ortho intramolecular Hbond substituents is 1. The second kappa shape index (κ2) is 33.7. The van der Waals surface area contributed by atoms with Gasteiger partial charge in [-0.15, -0.1) is 0 Å². The lowest BCUT2D eigenvalue weighted by molar-refractivity contribution is -0.143. The molecule has 84 heavy (non-hydrogen) atoms. The summed E-state index contributed by atoms with van der Waals surface area (Å²) < 4.78 is 0. The maximum atomic E-state index is 14.9. The minimum atomic E-state index is -1.58. The standard InChI is InChI=1S/C55H79N15O14/c1-5-31(4)46(69-49(78)39(24-33-15-17-35(71)18-16-33)66-51(80)45(30(2)3)68-42(72)26-56)52(81)67-40(25-34-27-59-29-62-34)53(82)70-22-10-14-41(70)50(79)65-38(23-32-11-7-6-8-12-32)48(77)64-36(19-20-44(74)75)47(76)61-28-43(73)63-37(54(83)84)13-9-21-60-55(57)58/h6-8,11-12,15-18,27,29-31,36-41,45-46,71H,5,9-10,13-14,19-26,28,56H2,1-4H3,(H,59,62)(H,61,76)(H,63,73)(H,64,77)(H,65,79)(H,66,80)(H,67,81)(H,68,72)(H,69,78)(H,74,75)(H,83,84)(H4,57,58,60)/t31-,36-,37-,38-,39-,40-,41-,45-,46-/m0/s1. The van der Waals surface area contributed by atoms with Crippen molar-refractivity contribution in [2.75, 3.05) is 26.2 Å². The molecule has 2 heterocycles. The van der Waals surface area contributed by atoms with Gasteiger partial charge in [0.15, 0.2) is 5.96 Å². The van der Waals surface area contributed by atoms with Crippen LogP contribution >= 0.6 is 0 Å². The van der Waals surface area contributed by atoms with Crippen molar-refractivity contribution in [2.24, 2.45) is 34.0 Å². The zero-order valence-corrected chi connectivity index (χ0v) is 47.4. The number of aromatic amines is 1. The van der Waals surface area contributed by atoms with E-state index in [0.29, 0.717) is 29.7 Å². The van der Waals surface area contributed by atoms with Crippen LogP contribution in [0, 0.1) is 11.8 Å². The summed E-state index contributed by atoms with van der Waals surface area (Å²) in [6.07, 6.45) is 2.18. The van der Waals surface area contributed by atoms with Crippen molar-refractivity contribution in [3.05, 3.63) is 83.9 Å². The van der Waals surface area contributed by atoms with Crippen molar-refractivity contribution in [3.63, 3.8) is 0 Å². The van der Waals surface area contributed by atoms with E-state index in [0.717, 1.165) is 0 Å². The quantitative estimate of drug-likeness (QED) is 0.0164. The Morgan fingerprint density at radius 2 is 1.32 bits per heavy atom. The predicted octanol–water partition coefficient (Wildman–Crippen LogP) is -2.69. The number of likely N-dealkylation sites (tertiary alicyclic amines) is 1. The summed E-state index contributed by atoms with van der Waals surface area (Å²) in [4.78, 5) is 161. The van der Waals surface area contributed by atoms with Gasteiger partial charge < -0.3 is 84.9 Å². The van der Waals surface area contributed by atoms with Crippen LogP contribution in [0.1, 0.15) is 89.5 Å². The molecule has 4 rings (SSSR count). The van der Waals surface area contributed by atoms with Gasteiger partial charge in [0, 0.05) is 50.7 Å². The molecule has 0 aliphatic carbocycles. The lowest BCUT2D eigenvalue weighted by atomic mass is 9.96. The van der Waals surface area contributed by atoms with Gasteiger partial charge in [-0.1, -0.05) is 76.6 Å². The summed E-state index contributed by atoms with van der Waals surface area (Å²) in [7, 11) is 0. The molecule has 458 valence electrons. The lowest BCUT2D eigenvalue weighted by Gasteiger charge is -2.32. The zero-order chi connectivity index (χ0) is 62.0. The Kier molecular flexibility index (Phi) is 27.0. The number of nitrogens with two attached hydrogens (primary N) is 3. The number of hydrogen-bond donors (Lipinski definition) is 15. The van der Waals surface area contributed by atoms with E-state index >= 15 is 0 Å². The molecule has 1 fully saturated rings. The number of aliphatic imine (C=N–C) groups is 1. The zero-order valence-electron chi connectivity index (χ0n) is 47.4. The van der Waals surface area contributed by atoms with Crippen molar-refractivity contribution in [2.45, 2.75) is 140 Å². The molecule has 29 nitrogen and oxygen atoms in total. The van der Waals surface area contributed by atoms with Crippen LogP contribution in [0.3, 0.4) is 0 Å². The molecule has 9 atom stereocenters. The number of carbonyl (C=O) groups is 11. The van der Waals surface area contributed by atoms with Crippen molar-refractivity contribution >= 4 is 71.1 Å². The number of imidazole rings is 1. The normalized spacial score (nSPS) is 15.7. The molecule has 0 bridgehead atoms. The van der Waals surface area contributed by atoms with Gasteiger partial charge in [-0.2, -0.15) is 0 Å². The van der Waals surface area contributed by atoms with Gasteiger partial charge in [0.05, 0.1) is 19.4 Å². The monoisotopic (exact) mass is 1170 g/mol. The van der Waals surface area contributed by atoms with Crippen LogP contribution in [-0.4, -0.2) is 176 Å². The van der Waals surface area contributed by atoms with E-state index in [2.05, 4.69) is 57.5 Å². The molecule has 0 radical (unpaired) electrons. The highest BCUT2D eigenvalue weighted by molar-refractivity contribution is 5.99.